The average molecular weight is 213 g/mol. The summed E-state index contributed by atoms with van der Waals surface area (Å²) in [6.07, 6.45) is 2.53. The molecule has 0 saturated carbocycles. The second-order valence-corrected chi connectivity index (χ2v) is 4.73. The van der Waals surface area contributed by atoms with Gasteiger partial charge in [-0.05, 0) is 11.8 Å². The lowest BCUT2D eigenvalue weighted by Gasteiger charge is -2.25. The standard InChI is InChI=1S/C10H19N3O2/c1-4-10(2,3)6-7(11)5-8-12-9(14)15-13-8/h7H,4-6,11H2,1-3H3,(H,12,13,14). The minimum Gasteiger partial charge on any atom is -0.327 e. The molecule has 0 aliphatic rings. The van der Waals surface area contributed by atoms with Crippen LogP contribution in [0.3, 0.4) is 0 Å². The van der Waals surface area contributed by atoms with Crippen molar-refractivity contribution in [2.45, 2.75) is 46.1 Å². The molecule has 0 fully saturated rings. The molecular formula is C10H19N3O2. The fourth-order valence-electron chi connectivity index (χ4n) is 1.52. The number of H-pyrrole nitrogens is 1. The van der Waals surface area contributed by atoms with E-state index in [9.17, 15) is 4.79 Å². The van der Waals surface area contributed by atoms with E-state index in [1.165, 1.54) is 0 Å². The summed E-state index contributed by atoms with van der Waals surface area (Å²) in [5.74, 6) is 0.00588. The Labute approximate surface area is 89.0 Å². The second kappa shape index (κ2) is 4.61. The molecule has 0 aliphatic carbocycles. The van der Waals surface area contributed by atoms with E-state index >= 15 is 0 Å². The van der Waals surface area contributed by atoms with Crippen molar-refractivity contribution in [1.82, 2.24) is 10.1 Å². The summed E-state index contributed by atoms with van der Waals surface area (Å²) in [5.41, 5.74) is 6.20. The van der Waals surface area contributed by atoms with E-state index in [0.717, 1.165) is 12.8 Å². The molecule has 0 spiro atoms. The maximum absolute atomic E-state index is 10.7. The molecule has 1 rings (SSSR count). The van der Waals surface area contributed by atoms with E-state index in [2.05, 4.69) is 35.4 Å². The van der Waals surface area contributed by atoms with Gasteiger partial charge in [0.1, 0.15) is 0 Å². The summed E-state index contributed by atoms with van der Waals surface area (Å²) in [6, 6.07) is 0.000648. The van der Waals surface area contributed by atoms with E-state index in [1.54, 1.807) is 0 Å². The number of nitrogens with zero attached hydrogens (tertiary/aromatic N) is 1. The summed E-state index contributed by atoms with van der Waals surface area (Å²) < 4.78 is 4.41. The van der Waals surface area contributed by atoms with Crippen molar-refractivity contribution in [3.8, 4) is 0 Å². The van der Waals surface area contributed by atoms with Crippen LogP contribution >= 0.6 is 0 Å². The van der Waals surface area contributed by atoms with Gasteiger partial charge in [-0.3, -0.25) is 9.51 Å². The molecule has 0 bridgehead atoms. The highest BCUT2D eigenvalue weighted by atomic mass is 16.5. The van der Waals surface area contributed by atoms with Gasteiger partial charge in [0, 0.05) is 12.5 Å². The smallest absolute Gasteiger partial charge is 0.327 e. The lowest BCUT2D eigenvalue weighted by molar-refractivity contribution is 0.289. The van der Waals surface area contributed by atoms with Gasteiger partial charge >= 0.3 is 5.76 Å². The minimum absolute atomic E-state index is 0.000648. The van der Waals surface area contributed by atoms with Gasteiger partial charge in [0.05, 0.1) is 0 Å². The summed E-state index contributed by atoms with van der Waals surface area (Å²) in [6.45, 7) is 6.50. The van der Waals surface area contributed by atoms with Gasteiger partial charge in [0.15, 0.2) is 5.82 Å². The molecule has 1 aromatic heterocycles. The average Bonchev–Trinajstić information content (AvgIpc) is 2.50. The fraction of sp³-hybridized carbons (Fsp3) is 0.800. The number of aromatic amines is 1. The van der Waals surface area contributed by atoms with Crippen LogP contribution in [0.1, 0.15) is 39.4 Å². The molecule has 0 radical (unpaired) electrons. The third kappa shape index (κ3) is 3.87. The third-order valence-corrected chi connectivity index (χ3v) is 2.71. The van der Waals surface area contributed by atoms with Crippen LogP contribution in [0.5, 0.6) is 0 Å². The van der Waals surface area contributed by atoms with Gasteiger partial charge in [-0.1, -0.05) is 32.3 Å². The third-order valence-electron chi connectivity index (χ3n) is 2.71. The Hall–Kier alpha value is -1.10. The Bertz CT molecular complexity index is 354. The Balaban J connectivity index is 2.49. The van der Waals surface area contributed by atoms with E-state index < -0.39 is 5.76 Å². The number of nitrogens with two attached hydrogens (primary N) is 1. The number of hydrogen-bond acceptors (Lipinski definition) is 4. The Morgan fingerprint density at radius 1 is 1.60 bits per heavy atom. The van der Waals surface area contributed by atoms with Crippen molar-refractivity contribution >= 4 is 0 Å². The highest BCUT2D eigenvalue weighted by Gasteiger charge is 2.20. The highest BCUT2D eigenvalue weighted by molar-refractivity contribution is 4.86. The first-order valence-electron chi connectivity index (χ1n) is 5.23. The second-order valence-electron chi connectivity index (χ2n) is 4.73. The Morgan fingerprint density at radius 3 is 2.73 bits per heavy atom. The quantitative estimate of drug-likeness (QED) is 0.765. The van der Waals surface area contributed by atoms with Crippen molar-refractivity contribution in [1.29, 1.82) is 0 Å². The first-order valence-corrected chi connectivity index (χ1v) is 5.23. The van der Waals surface area contributed by atoms with Crippen LogP contribution in [-0.2, 0) is 6.42 Å². The van der Waals surface area contributed by atoms with Crippen LogP contribution in [0.25, 0.3) is 0 Å². The lowest BCUT2D eigenvalue weighted by atomic mass is 9.83. The fourth-order valence-corrected chi connectivity index (χ4v) is 1.52. The predicted octanol–water partition coefficient (Wildman–Crippen LogP) is 1.06. The normalized spacial score (nSPS) is 14.1. The van der Waals surface area contributed by atoms with Crippen molar-refractivity contribution < 1.29 is 4.52 Å². The topological polar surface area (TPSA) is 84.9 Å². The van der Waals surface area contributed by atoms with Gasteiger partial charge in [-0.15, -0.1) is 0 Å². The predicted molar refractivity (Wildman–Crippen MR) is 57.5 cm³/mol. The van der Waals surface area contributed by atoms with Gasteiger partial charge in [-0.25, -0.2) is 4.79 Å². The number of nitrogens with one attached hydrogen (secondary N) is 1. The van der Waals surface area contributed by atoms with E-state index in [1.807, 2.05) is 0 Å². The van der Waals surface area contributed by atoms with E-state index in [-0.39, 0.29) is 11.5 Å². The van der Waals surface area contributed by atoms with E-state index in [4.69, 9.17) is 5.73 Å². The summed E-state index contributed by atoms with van der Waals surface area (Å²) >= 11 is 0. The monoisotopic (exact) mass is 213 g/mol. The van der Waals surface area contributed by atoms with Gasteiger partial charge in [0.25, 0.3) is 0 Å². The van der Waals surface area contributed by atoms with Crippen molar-refractivity contribution in [3.63, 3.8) is 0 Å². The molecule has 0 amide bonds. The zero-order chi connectivity index (χ0) is 11.5. The van der Waals surface area contributed by atoms with Crippen LogP contribution in [-0.4, -0.2) is 16.2 Å². The zero-order valence-corrected chi connectivity index (χ0v) is 9.54. The zero-order valence-electron chi connectivity index (χ0n) is 9.54. The highest BCUT2D eigenvalue weighted by Crippen LogP contribution is 2.26. The molecule has 0 saturated heterocycles. The van der Waals surface area contributed by atoms with Gasteiger partial charge < -0.3 is 5.73 Å². The van der Waals surface area contributed by atoms with Crippen molar-refractivity contribution in [2.24, 2.45) is 11.1 Å². The lowest BCUT2D eigenvalue weighted by Crippen LogP contribution is -2.30. The molecule has 1 heterocycles. The maximum atomic E-state index is 10.7. The van der Waals surface area contributed by atoms with Gasteiger partial charge in [-0.2, -0.15) is 0 Å². The van der Waals surface area contributed by atoms with Crippen LogP contribution < -0.4 is 11.5 Å². The van der Waals surface area contributed by atoms with Gasteiger partial charge in [0.2, 0.25) is 0 Å². The summed E-state index contributed by atoms with van der Waals surface area (Å²) in [7, 11) is 0. The molecule has 3 N–H and O–H groups in total. The summed E-state index contributed by atoms with van der Waals surface area (Å²) in [4.78, 5) is 13.2. The molecule has 86 valence electrons. The Morgan fingerprint density at radius 2 is 2.27 bits per heavy atom. The molecule has 1 aromatic rings. The molecule has 5 heteroatoms. The molecule has 15 heavy (non-hydrogen) atoms. The minimum atomic E-state index is -0.521. The summed E-state index contributed by atoms with van der Waals surface area (Å²) in [5, 5.41) is 3.59. The molecule has 0 aliphatic heterocycles. The first-order chi connectivity index (χ1) is 6.93. The van der Waals surface area contributed by atoms with Crippen LogP contribution in [0.4, 0.5) is 0 Å². The van der Waals surface area contributed by atoms with Crippen molar-refractivity contribution in [3.05, 3.63) is 16.4 Å². The molecule has 1 unspecified atom stereocenters. The number of aromatic nitrogens is 2. The molecule has 1 atom stereocenters. The van der Waals surface area contributed by atoms with Crippen LogP contribution in [0.2, 0.25) is 0 Å². The van der Waals surface area contributed by atoms with Crippen LogP contribution in [0.15, 0.2) is 9.32 Å². The maximum Gasteiger partial charge on any atom is 0.438 e. The van der Waals surface area contributed by atoms with Crippen molar-refractivity contribution in [2.75, 3.05) is 0 Å². The first kappa shape index (κ1) is 12.0. The van der Waals surface area contributed by atoms with E-state index in [0.29, 0.717) is 12.2 Å². The molecule has 5 nitrogen and oxygen atoms in total. The number of rotatable bonds is 5. The largest absolute Gasteiger partial charge is 0.438 e. The number of hydrogen-bond donors (Lipinski definition) is 2. The van der Waals surface area contributed by atoms with Crippen LogP contribution in [0, 0.1) is 5.41 Å². The molecular weight excluding hydrogens is 194 g/mol. The SMILES string of the molecule is CCC(C)(C)CC(N)Cc1noc(=O)[nH]1. The molecule has 0 aromatic carbocycles. The Kier molecular flexibility index (Phi) is 3.68.